The zero-order valence-corrected chi connectivity index (χ0v) is 16.2. The molecule has 1 N–H and O–H groups in total. The third-order valence-corrected chi connectivity index (χ3v) is 4.28. The Kier molecular flexibility index (Phi) is 6.58. The molecule has 0 radical (unpaired) electrons. The molecule has 0 aliphatic rings. The average molecular weight is 435 g/mol. The number of nitrogens with one attached hydrogen (secondary N) is 1. The van der Waals surface area contributed by atoms with Crippen LogP contribution in [0.3, 0.4) is 0 Å². The van der Waals surface area contributed by atoms with Crippen molar-refractivity contribution in [2.24, 2.45) is 5.10 Å². The van der Waals surface area contributed by atoms with Crippen molar-refractivity contribution in [3.63, 3.8) is 0 Å². The van der Waals surface area contributed by atoms with Crippen molar-refractivity contribution >= 4 is 40.9 Å². The molecule has 0 bridgehead atoms. The number of halogens is 3. The van der Waals surface area contributed by atoms with E-state index in [0.717, 1.165) is 0 Å². The maximum Gasteiger partial charge on any atom is 0.313 e. The molecule has 29 heavy (non-hydrogen) atoms. The van der Waals surface area contributed by atoms with E-state index in [1.165, 1.54) is 30.6 Å². The van der Waals surface area contributed by atoms with Crippen LogP contribution in [-0.4, -0.2) is 16.1 Å². The number of hydrogen-bond acceptors (Lipinski definition) is 6. The van der Waals surface area contributed by atoms with Crippen LogP contribution in [0, 0.1) is 15.9 Å². The Hall–Kier alpha value is -3.23. The van der Waals surface area contributed by atoms with Crippen molar-refractivity contribution in [3.8, 4) is 5.75 Å². The highest BCUT2D eigenvalue weighted by atomic mass is 35.5. The SMILES string of the molecule is O=[N+]([O-])c1cccnc1N/N=C\c1cc(Cl)c(OCc2ccccc2F)c(Cl)c1. The van der Waals surface area contributed by atoms with Crippen LogP contribution in [-0.2, 0) is 6.61 Å². The van der Waals surface area contributed by atoms with E-state index in [2.05, 4.69) is 15.5 Å². The molecule has 1 aromatic heterocycles. The third kappa shape index (κ3) is 5.18. The van der Waals surface area contributed by atoms with Crippen LogP contribution in [0.15, 0.2) is 59.8 Å². The maximum absolute atomic E-state index is 13.7. The monoisotopic (exact) mass is 434 g/mol. The first kappa shape index (κ1) is 20.5. The Morgan fingerprint density at radius 3 is 2.62 bits per heavy atom. The molecule has 0 saturated heterocycles. The third-order valence-electron chi connectivity index (χ3n) is 3.72. The molecule has 0 unspecified atom stereocenters. The molecule has 0 aliphatic heterocycles. The van der Waals surface area contributed by atoms with Gasteiger partial charge in [0, 0.05) is 17.8 Å². The molecular formula is C19H13Cl2FN4O3. The number of anilines is 1. The van der Waals surface area contributed by atoms with Gasteiger partial charge in [-0.3, -0.25) is 15.5 Å². The molecule has 148 valence electrons. The van der Waals surface area contributed by atoms with Crippen LogP contribution < -0.4 is 10.2 Å². The molecular weight excluding hydrogens is 422 g/mol. The minimum atomic E-state index is -0.569. The summed E-state index contributed by atoms with van der Waals surface area (Å²) in [5, 5.41) is 15.3. The highest BCUT2D eigenvalue weighted by Gasteiger charge is 2.13. The molecule has 2 aromatic carbocycles. The van der Waals surface area contributed by atoms with Gasteiger partial charge < -0.3 is 4.74 Å². The summed E-state index contributed by atoms with van der Waals surface area (Å²) in [4.78, 5) is 14.3. The molecule has 3 rings (SSSR count). The quantitative estimate of drug-likeness (QED) is 0.302. The topological polar surface area (TPSA) is 89.7 Å². The fourth-order valence-electron chi connectivity index (χ4n) is 2.36. The van der Waals surface area contributed by atoms with E-state index in [1.54, 1.807) is 30.3 Å². The lowest BCUT2D eigenvalue weighted by Gasteiger charge is -2.11. The van der Waals surface area contributed by atoms with Crippen molar-refractivity contribution < 1.29 is 14.1 Å². The van der Waals surface area contributed by atoms with Crippen molar-refractivity contribution in [2.45, 2.75) is 6.61 Å². The van der Waals surface area contributed by atoms with E-state index in [1.807, 2.05) is 0 Å². The zero-order valence-electron chi connectivity index (χ0n) is 14.7. The number of rotatable bonds is 7. The largest absolute Gasteiger partial charge is 0.486 e. The summed E-state index contributed by atoms with van der Waals surface area (Å²) in [6.07, 6.45) is 2.77. The summed E-state index contributed by atoms with van der Waals surface area (Å²) in [5.74, 6) is -0.184. The normalized spacial score (nSPS) is 10.9. The van der Waals surface area contributed by atoms with Crippen LogP contribution in [0.25, 0.3) is 0 Å². The van der Waals surface area contributed by atoms with Crippen molar-refractivity contribution in [2.75, 3.05) is 5.43 Å². The van der Waals surface area contributed by atoms with E-state index in [-0.39, 0.29) is 33.9 Å². The van der Waals surface area contributed by atoms with Crippen LogP contribution >= 0.6 is 23.2 Å². The second-order valence-electron chi connectivity index (χ2n) is 5.69. The fraction of sp³-hybridized carbons (Fsp3) is 0.0526. The molecule has 0 spiro atoms. The van der Waals surface area contributed by atoms with Gasteiger partial charge in [-0.25, -0.2) is 9.37 Å². The van der Waals surface area contributed by atoms with Gasteiger partial charge in [0.25, 0.3) is 0 Å². The van der Waals surface area contributed by atoms with Gasteiger partial charge in [-0.2, -0.15) is 5.10 Å². The Morgan fingerprint density at radius 1 is 1.21 bits per heavy atom. The molecule has 3 aromatic rings. The van der Waals surface area contributed by atoms with Gasteiger partial charge >= 0.3 is 5.69 Å². The number of hydrogen-bond donors (Lipinski definition) is 1. The zero-order chi connectivity index (χ0) is 20.8. The molecule has 0 aliphatic carbocycles. The molecule has 1 heterocycles. The average Bonchev–Trinajstić information content (AvgIpc) is 2.69. The Labute approximate surface area is 174 Å². The van der Waals surface area contributed by atoms with Gasteiger partial charge in [0.05, 0.1) is 21.2 Å². The lowest BCUT2D eigenvalue weighted by atomic mass is 10.2. The first-order valence-electron chi connectivity index (χ1n) is 8.19. The standard InChI is InChI=1S/C19H13Cl2FN4O3/c20-14-8-12(10-24-25-19-17(26(27)28)6-3-7-23-19)9-15(21)18(14)29-11-13-4-1-2-5-16(13)22/h1-10H,11H2,(H,23,25)/b24-10-. The summed E-state index contributed by atoms with van der Waals surface area (Å²) in [6, 6.07) is 12.1. The van der Waals surface area contributed by atoms with Crippen LogP contribution in [0.5, 0.6) is 5.75 Å². The van der Waals surface area contributed by atoms with Crippen LogP contribution in [0.2, 0.25) is 10.0 Å². The maximum atomic E-state index is 13.7. The summed E-state index contributed by atoms with van der Waals surface area (Å²) in [7, 11) is 0. The van der Waals surface area contributed by atoms with E-state index in [0.29, 0.717) is 11.1 Å². The smallest absolute Gasteiger partial charge is 0.313 e. The number of benzene rings is 2. The van der Waals surface area contributed by atoms with Crippen molar-refractivity contribution in [3.05, 3.63) is 91.8 Å². The Bertz CT molecular complexity index is 1060. The molecule has 10 heteroatoms. The number of hydrazone groups is 1. The first-order valence-corrected chi connectivity index (χ1v) is 8.95. The number of nitrogens with zero attached hydrogens (tertiary/aromatic N) is 3. The number of ether oxygens (including phenoxy) is 1. The predicted molar refractivity (Wildman–Crippen MR) is 109 cm³/mol. The van der Waals surface area contributed by atoms with Crippen molar-refractivity contribution in [1.29, 1.82) is 0 Å². The van der Waals surface area contributed by atoms with Gasteiger partial charge in [0.2, 0.25) is 5.82 Å². The molecule has 0 saturated carbocycles. The Morgan fingerprint density at radius 2 is 1.93 bits per heavy atom. The lowest BCUT2D eigenvalue weighted by Crippen LogP contribution is -2.00. The van der Waals surface area contributed by atoms with E-state index >= 15 is 0 Å². The molecule has 0 amide bonds. The molecule has 7 nitrogen and oxygen atoms in total. The summed E-state index contributed by atoms with van der Waals surface area (Å²) < 4.78 is 19.3. The summed E-state index contributed by atoms with van der Waals surface area (Å²) >= 11 is 12.4. The second kappa shape index (κ2) is 9.31. The lowest BCUT2D eigenvalue weighted by molar-refractivity contribution is -0.384. The van der Waals surface area contributed by atoms with Crippen molar-refractivity contribution in [1.82, 2.24) is 4.98 Å². The van der Waals surface area contributed by atoms with Gasteiger partial charge in [-0.15, -0.1) is 0 Å². The first-order chi connectivity index (χ1) is 14.0. The van der Waals surface area contributed by atoms with E-state index in [4.69, 9.17) is 27.9 Å². The number of nitro groups is 1. The van der Waals surface area contributed by atoms with Gasteiger partial charge in [0.1, 0.15) is 12.4 Å². The minimum absolute atomic E-state index is 0.00390. The van der Waals surface area contributed by atoms with Gasteiger partial charge in [0.15, 0.2) is 5.75 Å². The summed E-state index contributed by atoms with van der Waals surface area (Å²) in [6.45, 7) is -0.0373. The second-order valence-corrected chi connectivity index (χ2v) is 6.51. The van der Waals surface area contributed by atoms with Gasteiger partial charge in [-0.1, -0.05) is 41.4 Å². The summed E-state index contributed by atoms with van der Waals surface area (Å²) in [5.41, 5.74) is 3.18. The van der Waals surface area contributed by atoms with Crippen LogP contribution in [0.1, 0.15) is 11.1 Å². The molecule has 0 fully saturated rings. The highest BCUT2D eigenvalue weighted by Crippen LogP contribution is 2.34. The fourth-order valence-corrected chi connectivity index (χ4v) is 2.97. The predicted octanol–water partition coefficient (Wildman–Crippen LogP) is 5.46. The Balaban J connectivity index is 1.71. The van der Waals surface area contributed by atoms with Gasteiger partial charge in [-0.05, 0) is 29.8 Å². The van der Waals surface area contributed by atoms with Crippen LogP contribution in [0.4, 0.5) is 15.9 Å². The number of pyridine rings is 1. The minimum Gasteiger partial charge on any atom is -0.486 e. The number of aromatic nitrogens is 1. The highest BCUT2D eigenvalue weighted by molar-refractivity contribution is 6.37. The van der Waals surface area contributed by atoms with E-state index in [9.17, 15) is 14.5 Å². The molecule has 0 atom stereocenters. The van der Waals surface area contributed by atoms with E-state index < -0.39 is 10.7 Å².